The lowest BCUT2D eigenvalue weighted by molar-refractivity contribution is -0.131. The predicted molar refractivity (Wildman–Crippen MR) is 297 cm³/mol. The fraction of sp³-hybridized carbons (Fsp3) is 0.644. The number of Topliss-reactive ketones (excluding diaryl/α,β-unsaturated/α-hetero) is 2. The molecule has 4 atom stereocenters. The van der Waals surface area contributed by atoms with Crippen molar-refractivity contribution in [1.82, 2.24) is 44.9 Å². The number of likely N-dealkylation sites (tertiary alicyclic amines) is 2. The van der Waals surface area contributed by atoms with Crippen LogP contribution in [0.25, 0.3) is 0 Å². The second-order valence-electron chi connectivity index (χ2n) is 22.9. The Balaban J connectivity index is 1.03. The van der Waals surface area contributed by atoms with Crippen LogP contribution in [0.5, 0.6) is 0 Å². The molecule has 0 aliphatic carbocycles. The van der Waals surface area contributed by atoms with Gasteiger partial charge in [-0.25, -0.2) is 4.39 Å². The minimum Gasteiger partial charge on any atom is -0.342 e. The lowest BCUT2D eigenvalue weighted by Gasteiger charge is -2.43. The molecule has 5 aliphatic heterocycles. The van der Waals surface area contributed by atoms with E-state index in [0.29, 0.717) is 66.8 Å². The lowest BCUT2D eigenvalue weighted by atomic mass is 9.87. The van der Waals surface area contributed by atoms with Gasteiger partial charge < -0.3 is 35.1 Å². The predicted octanol–water partition coefficient (Wildman–Crippen LogP) is 6.33. The van der Waals surface area contributed by atoms with Crippen molar-refractivity contribution in [2.45, 2.75) is 118 Å². The van der Waals surface area contributed by atoms with Gasteiger partial charge in [0.15, 0.2) is 5.78 Å². The van der Waals surface area contributed by atoms with Crippen LogP contribution < -0.4 is 10.6 Å². The molecule has 14 nitrogen and oxygen atoms in total. The smallest absolute Gasteiger partial charge is 0.253 e. The maximum absolute atomic E-state index is 14.3. The van der Waals surface area contributed by atoms with E-state index >= 15 is 0 Å². The number of piperazine rings is 2. The van der Waals surface area contributed by atoms with E-state index in [1.807, 2.05) is 32.0 Å². The van der Waals surface area contributed by atoms with Crippen LogP contribution in [-0.4, -0.2) is 200 Å². The fourth-order valence-corrected chi connectivity index (χ4v) is 11.2. The van der Waals surface area contributed by atoms with Gasteiger partial charge in [0.25, 0.3) is 5.91 Å². The number of halogens is 1. The molecule has 0 aromatic heterocycles. The first kappa shape index (κ1) is 60.2. The van der Waals surface area contributed by atoms with E-state index in [1.165, 1.54) is 25.2 Å². The molecule has 0 radical (unpaired) electrons. The van der Waals surface area contributed by atoms with Crippen molar-refractivity contribution < 1.29 is 28.4 Å². The first-order valence-corrected chi connectivity index (χ1v) is 27.4. The lowest BCUT2D eigenvalue weighted by Crippen LogP contribution is -2.61. The van der Waals surface area contributed by atoms with Crippen LogP contribution in [0.1, 0.15) is 93.4 Å². The zero-order chi connectivity index (χ0) is 54.3. The highest BCUT2D eigenvalue weighted by molar-refractivity contribution is 5.97. The highest BCUT2D eigenvalue weighted by Crippen LogP contribution is 2.40. The van der Waals surface area contributed by atoms with Gasteiger partial charge >= 0.3 is 0 Å². The molecule has 3 amide bonds. The van der Waals surface area contributed by atoms with E-state index in [-0.39, 0.29) is 59.8 Å². The monoisotopic (exact) mass is 1030 g/mol. The Kier molecular flexibility index (Phi) is 23.2. The maximum Gasteiger partial charge on any atom is 0.253 e. The van der Waals surface area contributed by atoms with Crippen LogP contribution in [-0.2, 0) is 24.0 Å². The summed E-state index contributed by atoms with van der Waals surface area (Å²) in [6, 6.07) is 1.13. The molecule has 4 saturated heterocycles. The molecular formula is C59H92FN9O5. The minimum absolute atomic E-state index is 0.00819. The number of ketones is 2. The van der Waals surface area contributed by atoms with Gasteiger partial charge in [0.1, 0.15) is 11.6 Å². The number of hydrogen-bond acceptors (Lipinski definition) is 11. The van der Waals surface area contributed by atoms with Crippen LogP contribution >= 0.6 is 0 Å². The molecule has 0 aromatic rings. The number of amides is 3. The zero-order valence-corrected chi connectivity index (χ0v) is 46.7. The number of carbonyl (C=O) groups is 5. The fourth-order valence-electron chi connectivity index (χ4n) is 11.2. The van der Waals surface area contributed by atoms with Gasteiger partial charge in [-0.15, -0.1) is 0 Å². The number of piperidine rings is 2. The third-order valence-electron chi connectivity index (χ3n) is 16.2. The third kappa shape index (κ3) is 18.3. The van der Waals surface area contributed by atoms with Gasteiger partial charge in [-0.3, -0.25) is 33.8 Å². The first-order chi connectivity index (χ1) is 35.0. The van der Waals surface area contributed by atoms with Gasteiger partial charge in [0, 0.05) is 132 Å². The van der Waals surface area contributed by atoms with Crippen molar-refractivity contribution in [2.24, 2.45) is 17.3 Å². The quantitative estimate of drug-likeness (QED) is 0.0831. The second kappa shape index (κ2) is 28.5. The largest absolute Gasteiger partial charge is 0.342 e. The summed E-state index contributed by atoms with van der Waals surface area (Å²) in [5, 5.41) is 7.23. The van der Waals surface area contributed by atoms with Crippen molar-refractivity contribution in [3.63, 3.8) is 0 Å². The molecular weight excluding hydrogens is 934 g/mol. The maximum atomic E-state index is 14.3. The summed E-state index contributed by atoms with van der Waals surface area (Å²) in [6.07, 6.45) is 17.4. The van der Waals surface area contributed by atoms with E-state index in [9.17, 15) is 28.4 Å². The summed E-state index contributed by atoms with van der Waals surface area (Å²) in [4.78, 5) is 80.7. The van der Waals surface area contributed by atoms with E-state index in [2.05, 4.69) is 77.7 Å². The van der Waals surface area contributed by atoms with Crippen molar-refractivity contribution in [3.8, 4) is 0 Å². The van der Waals surface area contributed by atoms with Crippen LogP contribution in [0.2, 0.25) is 0 Å². The zero-order valence-electron chi connectivity index (χ0n) is 46.7. The summed E-state index contributed by atoms with van der Waals surface area (Å²) in [5.74, 6) is 0.370. The Morgan fingerprint density at radius 3 is 1.81 bits per heavy atom. The molecule has 0 aromatic carbocycles. The Labute approximate surface area is 444 Å². The van der Waals surface area contributed by atoms with Gasteiger partial charge in [-0.05, 0) is 135 Å². The standard InChI is InChI=1S/C59H92FN9O5/c1-13-51(58(74)64(12)26-20-50-23-29-65(30-24-50)38-53-33-61-44(4)35-67(53)37-46(6)70)15-14-16-56(72)63(11)25-19-49-21-27-66(28-22-49)39-54-34-62-45(5)36-68(54)40-57(73)69-41-59(9,10)47(7)55(69)32-52(48(8)71)31-42(2)17-18-43(3)60/h13-18,32,44-45,49-50,53-54,61-62H,1-3,19-31,33-41H2,4-12H3/b16-14+,18-17-,51-15+,52-32-/t44-,45-,53?,54?/m1/s1. The molecule has 5 rings (SSSR count). The molecule has 0 saturated carbocycles. The average Bonchev–Trinajstić information content (AvgIpc) is 3.58. The number of nitrogens with zero attached hydrogens (tertiary/aromatic N) is 7. The van der Waals surface area contributed by atoms with Gasteiger partial charge in [-0.1, -0.05) is 57.4 Å². The molecule has 5 heterocycles. The van der Waals surface area contributed by atoms with Crippen molar-refractivity contribution in [1.29, 1.82) is 0 Å². The van der Waals surface area contributed by atoms with Crippen LogP contribution in [0.15, 0.2) is 96.1 Å². The average molecular weight is 1030 g/mol. The van der Waals surface area contributed by atoms with E-state index < -0.39 is 5.83 Å². The number of nitrogens with one attached hydrogen (secondary N) is 2. The van der Waals surface area contributed by atoms with Crippen LogP contribution in [0.3, 0.4) is 0 Å². The summed E-state index contributed by atoms with van der Waals surface area (Å²) in [5.41, 5.74) is 3.07. The molecule has 2 N–H and O–H groups in total. The molecule has 15 heteroatoms. The number of allylic oxidation sites excluding steroid dienone is 8. The molecule has 4 fully saturated rings. The topological polar surface area (TPSA) is 132 Å². The number of rotatable bonds is 24. The Hall–Kier alpha value is -4.64. The number of likely N-dealkylation sites (N-methyl/N-ethyl adjacent to an activating group) is 2. The van der Waals surface area contributed by atoms with Gasteiger partial charge in [0.05, 0.1) is 13.1 Å². The normalized spacial score (nSPS) is 24.5. The highest BCUT2D eigenvalue weighted by atomic mass is 19.1. The van der Waals surface area contributed by atoms with E-state index in [4.69, 9.17) is 0 Å². The molecule has 0 bridgehead atoms. The van der Waals surface area contributed by atoms with Crippen LogP contribution in [0.4, 0.5) is 4.39 Å². The SMILES string of the molecule is C=C/C(=C\C=C\C(=O)N(C)CCC1CCN(CC2CN[C@H](C)CN2CC(=O)N2CC(C)(C)C(C)=C2/C=C(/CC(=C)/C=C\C(=C)F)C(C)=O)CC1)C(=O)N(C)CCC1CCN(CC2CN[C@H](C)CN2CC(C)=O)CC1. The first-order valence-electron chi connectivity index (χ1n) is 27.4. The Morgan fingerprint density at radius 1 is 0.784 bits per heavy atom. The van der Waals surface area contributed by atoms with Crippen molar-refractivity contribution >= 4 is 29.3 Å². The van der Waals surface area contributed by atoms with Gasteiger partial charge in [0.2, 0.25) is 11.8 Å². The molecule has 5 aliphatic rings. The molecule has 410 valence electrons. The Morgan fingerprint density at radius 2 is 1.31 bits per heavy atom. The van der Waals surface area contributed by atoms with Crippen LogP contribution in [0, 0.1) is 17.3 Å². The summed E-state index contributed by atoms with van der Waals surface area (Å²) in [6.45, 7) is 36.7. The van der Waals surface area contributed by atoms with Crippen molar-refractivity contribution in [2.75, 3.05) is 112 Å². The number of carbonyl (C=O) groups excluding carboxylic acids is 5. The van der Waals surface area contributed by atoms with E-state index in [1.54, 1.807) is 35.0 Å². The van der Waals surface area contributed by atoms with E-state index in [0.717, 1.165) is 115 Å². The molecule has 2 unspecified atom stereocenters. The molecule has 74 heavy (non-hydrogen) atoms. The summed E-state index contributed by atoms with van der Waals surface area (Å²) >= 11 is 0. The second-order valence-corrected chi connectivity index (χ2v) is 22.9. The number of hydrogen-bond donors (Lipinski definition) is 2. The highest BCUT2D eigenvalue weighted by Gasteiger charge is 2.39. The summed E-state index contributed by atoms with van der Waals surface area (Å²) in [7, 11) is 3.67. The van der Waals surface area contributed by atoms with Gasteiger partial charge in [-0.2, -0.15) is 0 Å². The minimum atomic E-state index is -0.586. The van der Waals surface area contributed by atoms with Crippen molar-refractivity contribution in [3.05, 3.63) is 96.1 Å². The Bertz CT molecular complexity index is 2180. The third-order valence-corrected chi connectivity index (χ3v) is 16.2. The molecule has 0 spiro atoms. The summed E-state index contributed by atoms with van der Waals surface area (Å²) < 4.78 is 13.3.